The number of likely N-dealkylation sites (tertiary alicyclic amines) is 2. The number of aryl methyl sites for hydroxylation is 1. The summed E-state index contributed by atoms with van der Waals surface area (Å²) in [7, 11) is 3.31. The highest BCUT2D eigenvalue weighted by molar-refractivity contribution is 6.33. The van der Waals surface area contributed by atoms with Gasteiger partial charge in [-0.15, -0.1) is 0 Å². The molecule has 0 spiro atoms. The van der Waals surface area contributed by atoms with E-state index in [-0.39, 0.29) is 11.9 Å². The molecule has 3 N–H and O–H groups in total. The lowest BCUT2D eigenvalue weighted by Crippen LogP contribution is -2.53. The number of methoxy groups -OCH3 is 1. The van der Waals surface area contributed by atoms with Gasteiger partial charge in [-0.2, -0.15) is 0 Å². The van der Waals surface area contributed by atoms with Crippen LogP contribution in [0.4, 0.5) is 9.59 Å². The summed E-state index contributed by atoms with van der Waals surface area (Å²) < 4.78 is 4.73. The van der Waals surface area contributed by atoms with Crippen molar-refractivity contribution in [2.75, 3.05) is 53.4 Å². The Morgan fingerprint density at radius 1 is 1.10 bits per heavy atom. The predicted octanol–water partition coefficient (Wildman–Crippen LogP) is 5.66. The molecule has 0 aromatic heterocycles. The Labute approximate surface area is 255 Å². The standard InChI is InChI=1S/C33H47ClN4O4/c1-4-24-9-5-10-26(21-24)30-28(12-6-13-29(30)34)33(41,16-8-17-36-31(39)42-3)27-11-7-18-38(23-27)32(40)37-19-14-25(15-20-37)22-35-2/h5-6,9-10,12-13,21,25,27,35,41H,4,7-8,11,14-20,22-23H2,1-3H3,(H,36,39)/t27-,33+/m1/s1. The van der Waals surface area contributed by atoms with Gasteiger partial charge in [-0.25, -0.2) is 9.59 Å². The maximum absolute atomic E-state index is 13.7. The molecule has 2 aromatic carbocycles. The van der Waals surface area contributed by atoms with E-state index in [0.717, 1.165) is 68.4 Å². The fourth-order valence-corrected chi connectivity index (χ4v) is 6.95. The Morgan fingerprint density at radius 2 is 1.86 bits per heavy atom. The molecule has 2 aromatic rings. The van der Waals surface area contributed by atoms with Crippen LogP contribution in [-0.4, -0.2) is 80.5 Å². The lowest BCUT2D eigenvalue weighted by Gasteiger charge is -2.45. The van der Waals surface area contributed by atoms with Crippen LogP contribution in [0.3, 0.4) is 0 Å². The summed E-state index contributed by atoms with van der Waals surface area (Å²) in [6.07, 6.45) is 4.95. The largest absolute Gasteiger partial charge is 0.453 e. The first-order valence-electron chi connectivity index (χ1n) is 15.4. The zero-order chi connectivity index (χ0) is 30.1. The Bertz CT molecular complexity index is 1200. The Morgan fingerprint density at radius 3 is 2.57 bits per heavy atom. The van der Waals surface area contributed by atoms with Crippen LogP contribution in [0.5, 0.6) is 0 Å². The SMILES string of the molecule is CCc1cccc(-c2c(Cl)cccc2[C@](O)(CCCNC(=O)OC)[C@@H]2CCCN(C(=O)N3CCC(CNC)CC3)C2)c1. The van der Waals surface area contributed by atoms with Gasteiger partial charge in [0, 0.05) is 49.2 Å². The summed E-state index contributed by atoms with van der Waals surface area (Å²) >= 11 is 6.88. The van der Waals surface area contributed by atoms with Gasteiger partial charge < -0.3 is 30.3 Å². The van der Waals surface area contributed by atoms with Crippen molar-refractivity contribution in [3.05, 3.63) is 58.6 Å². The zero-order valence-corrected chi connectivity index (χ0v) is 26.1. The molecule has 0 aliphatic carbocycles. The van der Waals surface area contributed by atoms with Gasteiger partial charge in [0.25, 0.3) is 0 Å². The number of halogens is 1. The zero-order valence-electron chi connectivity index (χ0n) is 25.3. The monoisotopic (exact) mass is 598 g/mol. The quantitative estimate of drug-likeness (QED) is 0.307. The fraction of sp³-hybridized carbons (Fsp3) is 0.576. The first kappa shape index (κ1) is 32.1. The first-order valence-corrected chi connectivity index (χ1v) is 15.8. The molecule has 9 heteroatoms. The van der Waals surface area contributed by atoms with Crippen molar-refractivity contribution in [1.82, 2.24) is 20.4 Å². The number of hydrogen-bond acceptors (Lipinski definition) is 5. The van der Waals surface area contributed by atoms with E-state index >= 15 is 0 Å². The molecule has 0 radical (unpaired) electrons. The highest BCUT2D eigenvalue weighted by Crippen LogP contribution is 2.45. The van der Waals surface area contributed by atoms with Crippen LogP contribution in [0.1, 0.15) is 56.6 Å². The number of nitrogens with one attached hydrogen (secondary N) is 2. The van der Waals surface area contributed by atoms with E-state index in [1.807, 2.05) is 47.2 Å². The molecule has 2 aliphatic heterocycles. The van der Waals surface area contributed by atoms with Gasteiger partial charge in [0.2, 0.25) is 0 Å². The van der Waals surface area contributed by atoms with E-state index in [1.165, 1.54) is 12.7 Å². The molecule has 2 atom stereocenters. The lowest BCUT2D eigenvalue weighted by atomic mass is 9.72. The van der Waals surface area contributed by atoms with Gasteiger partial charge in [0.05, 0.1) is 12.7 Å². The molecular formula is C33H47ClN4O4. The summed E-state index contributed by atoms with van der Waals surface area (Å²) in [6.45, 7) is 6.16. The number of rotatable bonds is 10. The van der Waals surface area contributed by atoms with E-state index in [2.05, 4.69) is 29.7 Å². The Kier molecular flexibility index (Phi) is 11.5. The number of aliphatic hydroxyl groups is 1. The second kappa shape index (κ2) is 15.1. The van der Waals surface area contributed by atoms with Crippen LogP contribution in [0.2, 0.25) is 5.02 Å². The Hall–Kier alpha value is -2.81. The third kappa shape index (κ3) is 7.57. The Balaban J connectivity index is 1.63. The van der Waals surface area contributed by atoms with E-state index in [1.54, 1.807) is 0 Å². The molecule has 3 amide bonds. The number of carbonyl (C=O) groups excluding carboxylic acids is 2. The number of ether oxygens (including phenoxy) is 1. The van der Waals surface area contributed by atoms with Crippen molar-refractivity contribution in [2.24, 2.45) is 11.8 Å². The minimum absolute atomic E-state index is 0.0688. The number of carbonyl (C=O) groups is 2. The van der Waals surface area contributed by atoms with Crippen molar-refractivity contribution < 1.29 is 19.4 Å². The number of hydrogen-bond donors (Lipinski definition) is 3. The van der Waals surface area contributed by atoms with Crippen molar-refractivity contribution in [3.63, 3.8) is 0 Å². The maximum Gasteiger partial charge on any atom is 0.406 e. The number of urea groups is 1. The van der Waals surface area contributed by atoms with Gasteiger partial charge in [0.15, 0.2) is 0 Å². The average molecular weight is 599 g/mol. The molecule has 2 fully saturated rings. The minimum atomic E-state index is -1.26. The number of alkyl carbamates (subject to hydrolysis) is 1. The van der Waals surface area contributed by atoms with Crippen molar-refractivity contribution >= 4 is 23.7 Å². The maximum atomic E-state index is 13.7. The molecule has 4 rings (SSSR count). The molecule has 8 nitrogen and oxygen atoms in total. The summed E-state index contributed by atoms with van der Waals surface area (Å²) in [6, 6.07) is 14.1. The molecule has 0 saturated carbocycles. The highest BCUT2D eigenvalue weighted by Gasteiger charge is 2.43. The van der Waals surface area contributed by atoms with Crippen molar-refractivity contribution in [1.29, 1.82) is 0 Å². The van der Waals surface area contributed by atoms with Crippen LogP contribution < -0.4 is 10.6 Å². The average Bonchev–Trinajstić information content (AvgIpc) is 3.03. The second-order valence-corrected chi connectivity index (χ2v) is 12.1. The normalized spacial score (nSPS) is 19.3. The van der Waals surface area contributed by atoms with Crippen LogP contribution in [0.15, 0.2) is 42.5 Å². The smallest absolute Gasteiger partial charge is 0.406 e. The van der Waals surface area contributed by atoms with E-state index in [9.17, 15) is 14.7 Å². The molecular weight excluding hydrogens is 552 g/mol. The van der Waals surface area contributed by atoms with Gasteiger partial charge in [0.1, 0.15) is 0 Å². The minimum Gasteiger partial charge on any atom is -0.453 e. The van der Waals surface area contributed by atoms with Crippen LogP contribution in [0.25, 0.3) is 11.1 Å². The third-order valence-corrected chi connectivity index (χ3v) is 9.35. The molecule has 0 unspecified atom stereocenters. The first-order chi connectivity index (χ1) is 20.3. The summed E-state index contributed by atoms with van der Waals surface area (Å²) in [4.78, 5) is 29.3. The van der Waals surface area contributed by atoms with Gasteiger partial charge in [-0.3, -0.25) is 0 Å². The van der Waals surface area contributed by atoms with E-state index in [4.69, 9.17) is 16.3 Å². The van der Waals surface area contributed by atoms with Crippen molar-refractivity contribution in [3.8, 4) is 11.1 Å². The number of piperidine rings is 2. The predicted molar refractivity (Wildman–Crippen MR) is 168 cm³/mol. The van der Waals surface area contributed by atoms with Crippen LogP contribution in [-0.2, 0) is 16.8 Å². The van der Waals surface area contributed by atoms with E-state index in [0.29, 0.717) is 43.4 Å². The van der Waals surface area contributed by atoms with Crippen LogP contribution >= 0.6 is 11.6 Å². The molecule has 2 saturated heterocycles. The molecule has 2 heterocycles. The molecule has 230 valence electrons. The topological polar surface area (TPSA) is 94.1 Å². The summed E-state index contributed by atoms with van der Waals surface area (Å²) in [5.74, 6) is 0.408. The molecule has 2 aliphatic rings. The van der Waals surface area contributed by atoms with Gasteiger partial charge in [-0.05, 0) is 87.2 Å². The van der Waals surface area contributed by atoms with E-state index < -0.39 is 11.7 Å². The lowest BCUT2D eigenvalue weighted by molar-refractivity contribution is -0.0564. The highest BCUT2D eigenvalue weighted by atomic mass is 35.5. The molecule has 42 heavy (non-hydrogen) atoms. The van der Waals surface area contributed by atoms with Crippen molar-refractivity contribution in [2.45, 2.75) is 57.5 Å². The third-order valence-electron chi connectivity index (χ3n) is 9.04. The fourth-order valence-electron chi connectivity index (χ4n) is 6.66. The second-order valence-electron chi connectivity index (χ2n) is 11.7. The number of nitrogens with zero attached hydrogens (tertiary/aromatic N) is 2. The number of benzene rings is 2. The molecule has 0 bridgehead atoms. The summed E-state index contributed by atoms with van der Waals surface area (Å²) in [5.41, 5.74) is 2.49. The van der Waals surface area contributed by atoms with Crippen LogP contribution in [0, 0.1) is 11.8 Å². The summed E-state index contributed by atoms with van der Waals surface area (Å²) in [5, 5.41) is 19.3. The van der Waals surface area contributed by atoms with Gasteiger partial charge >= 0.3 is 12.1 Å². The number of amides is 3. The van der Waals surface area contributed by atoms with Gasteiger partial charge in [-0.1, -0.05) is 54.9 Å².